The molecule has 8 heteroatoms. The van der Waals surface area contributed by atoms with E-state index >= 15 is 0 Å². The van der Waals surface area contributed by atoms with Crippen LogP contribution in [-0.2, 0) is 9.53 Å². The summed E-state index contributed by atoms with van der Waals surface area (Å²) < 4.78 is 46.7. The smallest absolute Gasteiger partial charge is 0.414 e. The standard InChI is InChI=1S/C21H29F3N2O3/c1-4-15-10-16(13(3)19(25)27)17-9-14(21(24,11-22)12-23)7-6-8-18(17)26(15)20(28)29-5-2/h7-9,13,15-16H,4-6,10-12H2,1-3H3,(H2,25,27)/t13-,15-,16-/m1/s1. The number of allylic oxidation sites excluding steroid dienone is 5. The second-order valence-electron chi connectivity index (χ2n) is 7.48. The molecule has 0 aromatic carbocycles. The molecular formula is C21H29F3N2O3. The zero-order valence-electron chi connectivity index (χ0n) is 17.1. The Balaban J connectivity index is 2.61. The molecule has 1 aliphatic heterocycles. The van der Waals surface area contributed by atoms with Gasteiger partial charge in [-0.2, -0.15) is 0 Å². The fourth-order valence-corrected chi connectivity index (χ4v) is 3.94. The van der Waals surface area contributed by atoms with Crippen LogP contribution in [0.4, 0.5) is 18.0 Å². The zero-order valence-corrected chi connectivity index (χ0v) is 17.1. The highest BCUT2D eigenvalue weighted by molar-refractivity contribution is 5.78. The van der Waals surface area contributed by atoms with E-state index in [1.165, 1.54) is 17.1 Å². The van der Waals surface area contributed by atoms with E-state index in [1.54, 1.807) is 19.9 Å². The van der Waals surface area contributed by atoms with Crippen molar-refractivity contribution in [1.82, 2.24) is 4.90 Å². The van der Waals surface area contributed by atoms with Gasteiger partial charge in [0, 0.05) is 17.7 Å². The Morgan fingerprint density at radius 2 is 1.97 bits per heavy atom. The number of carbonyl (C=O) groups excluding carboxylic acids is 2. The molecule has 29 heavy (non-hydrogen) atoms. The van der Waals surface area contributed by atoms with E-state index in [-0.39, 0.29) is 24.6 Å². The first kappa shape index (κ1) is 23.0. The van der Waals surface area contributed by atoms with Crippen LogP contribution in [0.1, 0.15) is 40.0 Å². The fourth-order valence-electron chi connectivity index (χ4n) is 3.94. The molecule has 2 rings (SSSR count). The van der Waals surface area contributed by atoms with Crippen LogP contribution in [0.5, 0.6) is 0 Å². The topological polar surface area (TPSA) is 72.6 Å². The predicted molar refractivity (Wildman–Crippen MR) is 104 cm³/mol. The number of nitrogens with two attached hydrogens (primary N) is 1. The van der Waals surface area contributed by atoms with Crippen LogP contribution in [0, 0.1) is 11.8 Å². The van der Waals surface area contributed by atoms with Gasteiger partial charge in [0.05, 0.1) is 6.61 Å². The zero-order chi connectivity index (χ0) is 21.8. The molecule has 0 saturated carbocycles. The second-order valence-corrected chi connectivity index (χ2v) is 7.48. The van der Waals surface area contributed by atoms with Crippen molar-refractivity contribution in [2.75, 3.05) is 20.0 Å². The van der Waals surface area contributed by atoms with Gasteiger partial charge < -0.3 is 10.5 Å². The number of hydrogen-bond acceptors (Lipinski definition) is 3. The first-order chi connectivity index (χ1) is 13.7. The molecule has 1 aliphatic carbocycles. The number of amides is 2. The number of primary amides is 1. The summed E-state index contributed by atoms with van der Waals surface area (Å²) >= 11 is 0. The molecule has 1 fully saturated rings. The maximum atomic E-state index is 14.8. The van der Waals surface area contributed by atoms with Crippen molar-refractivity contribution in [1.29, 1.82) is 0 Å². The maximum Gasteiger partial charge on any atom is 0.414 e. The molecule has 0 spiro atoms. The Morgan fingerprint density at radius 1 is 1.31 bits per heavy atom. The molecule has 1 saturated heterocycles. The molecular weight excluding hydrogens is 385 g/mol. The maximum absolute atomic E-state index is 14.8. The summed E-state index contributed by atoms with van der Waals surface area (Å²) in [4.78, 5) is 26.1. The summed E-state index contributed by atoms with van der Waals surface area (Å²) in [5.74, 6) is -1.56. The Bertz CT molecular complexity index is 729. The first-order valence-electron chi connectivity index (χ1n) is 9.92. The second kappa shape index (κ2) is 9.50. The van der Waals surface area contributed by atoms with Gasteiger partial charge >= 0.3 is 6.09 Å². The molecule has 1 heterocycles. The third-order valence-electron chi connectivity index (χ3n) is 5.73. The van der Waals surface area contributed by atoms with E-state index in [2.05, 4.69) is 0 Å². The molecule has 0 aromatic rings. The largest absolute Gasteiger partial charge is 0.449 e. The lowest BCUT2D eigenvalue weighted by Crippen LogP contribution is -2.48. The van der Waals surface area contributed by atoms with Crippen molar-refractivity contribution in [2.24, 2.45) is 17.6 Å². The molecule has 162 valence electrons. The number of rotatable bonds is 7. The van der Waals surface area contributed by atoms with E-state index in [0.29, 0.717) is 24.1 Å². The van der Waals surface area contributed by atoms with Crippen LogP contribution >= 0.6 is 0 Å². The molecule has 2 amide bonds. The van der Waals surface area contributed by atoms with Gasteiger partial charge in [-0.3, -0.25) is 9.69 Å². The third kappa shape index (κ3) is 4.51. The molecule has 0 radical (unpaired) electrons. The Hall–Kier alpha value is -2.25. The number of nitrogens with zero attached hydrogens (tertiary/aromatic N) is 1. The lowest BCUT2D eigenvalue weighted by atomic mass is 9.75. The van der Waals surface area contributed by atoms with Crippen LogP contribution in [0.25, 0.3) is 0 Å². The first-order valence-corrected chi connectivity index (χ1v) is 9.92. The molecule has 2 N–H and O–H groups in total. The van der Waals surface area contributed by atoms with Crippen molar-refractivity contribution >= 4 is 12.0 Å². The Morgan fingerprint density at radius 3 is 2.48 bits per heavy atom. The highest BCUT2D eigenvalue weighted by Crippen LogP contribution is 2.44. The summed E-state index contributed by atoms with van der Waals surface area (Å²) in [6, 6.07) is -0.247. The Kier molecular flexibility index (Phi) is 7.54. The minimum Gasteiger partial charge on any atom is -0.449 e. The average Bonchev–Trinajstić information content (AvgIpc) is 2.94. The number of piperidine rings is 1. The van der Waals surface area contributed by atoms with Gasteiger partial charge in [0.1, 0.15) is 13.3 Å². The molecule has 0 aromatic heterocycles. The molecule has 5 nitrogen and oxygen atoms in total. The molecule has 0 unspecified atom stereocenters. The SMILES string of the molecule is CCOC(=O)N1C2=CCC=C(C(F)(CF)CF)C=C2[C@@H]([C@@H](C)C(N)=O)C[C@H]1CC. The number of fused-ring (bicyclic) bond motifs is 1. The minimum atomic E-state index is -2.77. The number of carbonyl (C=O) groups is 2. The molecule has 0 bridgehead atoms. The van der Waals surface area contributed by atoms with Crippen molar-refractivity contribution in [3.05, 3.63) is 35.1 Å². The number of alkyl halides is 3. The van der Waals surface area contributed by atoms with Crippen LogP contribution in [0.2, 0.25) is 0 Å². The van der Waals surface area contributed by atoms with E-state index in [1.807, 2.05) is 6.92 Å². The summed E-state index contributed by atoms with van der Waals surface area (Å²) in [5.41, 5.74) is 3.58. The highest BCUT2D eigenvalue weighted by atomic mass is 19.2. The third-order valence-corrected chi connectivity index (χ3v) is 5.73. The van der Waals surface area contributed by atoms with Crippen molar-refractivity contribution in [2.45, 2.75) is 51.7 Å². The number of likely N-dealkylation sites (tertiary alicyclic amines) is 1. The lowest BCUT2D eigenvalue weighted by Gasteiger charge is -2.43. The van der Waals surface area contributed by atoms with Crippen LogP contribution in [-0.4, -0.2) is 48.6 Å². The van der Waals surface area contributed by atoms with E-state index in [4.69, 9.17) is 10.5 Å². The van der Waals surface area contributed by atoms with Gasteiger partial charge in [0.25, 0.3) is 0 Å². The molecule has 2 aliphatic rings. The van der Waals surface area contributed by atoms with Gasteiger partial charge in [0.2, 0.25) is 5.91 Å². The highest BCUT2D eigenvalue weighted by Gasteiger charge is 2.43. The van der Waals surface area contributed by atoms with Crippen LogP contribution in [0.3, 0.4) is 0 Å². The quantitative estimate of drug-likeness (QED) is 0.680. The number of halogens is 3. The van der Waals surface area contributed by atoms with Crippen LogP contribution < -0.4 is 5.73 Å². The fraction of sp³-hybridized carbons (Fsp3) is 0.619. The number of hydrogen-bond donors (Lipinski definition) is 1. The van der Waals surface area contributed by atoms with Gasteiger partial charge in [-0.15, -0.1) is 0 Å². The summed E-state index contributed by atoms with van der Waals surface area (Å²) in [6.07, 6.45) is 5.13. The summed E-state index contributed by atoms with van der Waals surface area (Å²) in [7, 11) is 0. The normalized spacial score (nSPS) is 23.2. The van der Waals surface area contributed by atoms with E-state index < -0.39 is 42.9 Å². The van der Waals surface area contributed by atoms with Crippen LogP contribution in [0.15, 0.2) is 35.1 Å². The average molecular weight is 414 g/mol. The lowest BCUT2D eigenvalue weighted by molar-refractivity contribution is -0.122. The van der Waals surface area contributed by atoms with E-state index in [0.717, 1.165) is 0 Å². The van der Waals surface area contributed by atoms with Gasteiger partial charge in [-0.25, -0.2) is 18.0 Å². The van der Waals surface area contributed by atoms with Crippen molar-refractivity contribution in [3.8, 4) is 0 Å². The van der Waals surface area contributed by atoms with Gasteiger partial charge in [0.15, 0.2) is 5.67 Å². The van der Waals surface area contributed by atoms with Crippen molar-refractivity contribution < 1.29 is 27.5 Å². The molecule has 3 atom stereocenters. The predicted octanol–water partition coefficient (Wildman–Crippen LogP) is 4.15. The van der Waals surface area contributed by atoms with Gasteiger partial charge in [-0.1, -0.05) is 32.1 Å². The Labute approximate surface area is 169 Å². The van der Waals surface area contributed by atoms with Gasteiger partial charge in [-0.05, 0) is 43.3 Å². The van der Waals surface area contributed by atoms with Crippen molar-refractivity contribution in [3.63, 3.8) is 0 Å². The summed E-state index contributed by atoms with van der Waals surface area (Å²) in [6.45, 7) is 2.43. The minimum absolute atomic E-state index is 0.135. The summed E-state index contributed by atoms with van der Waals surface area (Å²) in [5, 5.41) is 0. The number of ether oxygens (including phenoxy) is 1. The monoisotopic (exact) mass is 414 g/mol. The van der Waals surface area contributed by atoms with E-state index in [9.17, 15) is 22.8 Å².